The van der Waals surface area contributed by atoms with Crippen molar-refractivity contribution in [2.24, 2.45) is 3.95 Å². The van der Waals surface area contributed by atoms with Crippen LogP contribution in [0.1, 0.15) is 13.8 Å². The van der Waals surface area contributed by atoms with Gasteiger partial charge in [-0.05, 0) is 0 Å². The van der Waals surface area contributed by atoms with E-state index in [4.69, 9.17) is 3.95 Å². The minimum atomic E-state index is -0.188. The van der Waals surface area contributed by atoms with Gasteiger partial charge in [-0.3, -0.25) is 0 Å². The van der Waals surface area contributed by atoms with Crippen molar-refractivity contribution < 1.29 is 21.5 Å². The van der Waals surface area contributed by atoms with Crippen LogP contribution in [0.5, 0.6) is 0 Å². The molecule has 56 valence electrons. The van der Waals surface area contributed by atoms with Crippen molar-refractivity contribution in [2.45, 2.75) is 13.8 Å². The van der Waals surface area contributed by atoms with Crippen LogP contribution in [0.15, 0.2) is 9.15 Å². The van der Waals surface area contributed by atoms with Gasteiger partial charge in [0.2, 0.25) is 0 Å². The van der Waals surface area contributed by atoms with E-state index in [9.17, 15) is 0 Å². The van der Waals surface area contributed by atoms with Gasteiger partial charge in [-0.1, -0.05) is 0 Å². The first-order chi connectivity index (χ1) is 4.22. The molecule has 0 heterocycles. The Balaban J connectivity index is 3.83. The minimum absolute atomic E-state index is 0.188. The molecule has 0 saturated heterocycles. The molecule has 0 aliphatic carbocycles. The van der Waals surface area contributed by atoms with E-state index in [0.29, 0.717) is 0 Å². The van der Waals surface area contributed by atoms with E-state index in [-0.39, 0.29) is 21.5 Å². The summed E-state index contributed by atoms with van der Waals surface area (Å²) in [6, 6.07) is 0. The number of nitrogens with one attached hydrogen (secondary N) is 1. The first-order valence-corrected chi connectivity index (χ1v) is 5.19. The zero-order chi connectivity index (χ0) is 7.28. The van der Waals surface area contributed by atoms with Gasteiger partial charge < -0.3 is 0 Å². The predicted octanol–water partition coefficient (Wildman–Crippen LogP) is -2.54. The molecule has 2 nitrogen and oxygen atoms in total. The van der Waals surface area contributed by atoms with Crippen LogP contribution in [0.25, 0.3) is 0 Å². The molecule has 9 heavy (non-hydrogen) atoms. The summed E-state index contributed by atoms with van der Waals surface area (Å²) in [4.78, 5) is 0. The van der Waals surface area contributed by atoms with Gasteiger partial charge in [0.05, 0.1) is 0 Å². The number of hydrogen-bond acceptors (Lipinski definition) is 2. The second-order valence-electron chi connectivity index (χ2n) is 2.04. The fourth-order valence-electron chi connectivity index (χ4n) is 0.480. The number of nitrogens with two attached hydrogens (primary N) is 1. The third-order valence-electron chi connectivity index (χ3n) is 1.01. The van der Waals surface area contributed by atoms with Crippen LogP contribution in [0.4, 0.5) is 0 Å². The molecule has 3 N–H and O–H groups in total. The van der Waals surface area contributed by atoms with Crippen molar-refractivity contribution in [1.82, 2.24) is 5.32 Å². The topological polar surface area (TPSA) is 38.0 Å². The molecule has 0 aromatic carbocycles. The number of hydrogen-bond donors (Lipinski definition) is 2. The van der Waals surface area contributed by atoms with Crippen LogP contribution in [-0.2, 0) is 0 Å². The predicted molar refractivity (Wildman–Crippen MR) is 36.5 cm³/mol. The van der Waals surface area contributed by atoms with Crippen molar-refractivity contribution in [2.75, 3.05) is 13.6 Å². The maximum absolute atomic E-state index is 5.57. The molecule has 0 bridgehead atoms. The molecule has 0 amide bonds. The first-order valence-electron chi connectivity index (χ1n) is 2.86. The first kappa shape index (κ1) is 9.39. The molecule has 0 saturated carbocycles. The fraction of sp³-hybridized carbons (Fsp3) is 0.667. The van der Waals surface area contributed by atoms with Gasteiger partial charge in [-0.15, -0.1) is 0 Å². The zero-order valence-electron chi connectivity index (χ0n) is 6.16. The van der Waals surface area contributed by atoms with Crippen LogP contribution in [0.2, 0.25) is 0 Å². The van der Waals surface area contributed by atoms with Crippen molar-refractivity contribution in [3.05, 3.63) is 9.15 Å². The second-order valence-corrected chi connectivity index (χ2v) is 3.97. The van der Waals surface area contributed by atoms with E-state index in [1.807, 2.05) is 7.05 Å². The molecular weight excluding hydrogens is 227 g/mol. The Hall–Kier alpha value is 0.390. The van der Waals surface area contributed by atoms with E-state index in [2.05, 4.69) is 19.2 Å². The van der Waals surface area contributed by atoms with E-state index in [0.717, 1.165) is 6.54 Å². The SMILES string of the molecule is CNCC([I-]N)=C(C)C. The Morgan fingerprint density at radius 1 is 1.56 bits per heavy atom. The van der Waals surface area contributed by atoms with E-state index in [1.165, 1.54) is 9.15 Å². The summed E-state index contributed by atoms with van der Waals surface area (Å²) >= 11 is -0.188. The van der Waals surface area contributed by atoms with Gasteiger partial charge in [0.25, 0.3) is 0 Å². The van der Waals surface area contributed by atoms with Crippen LogP contribution in [-0.4, -0.2) is 13.6 Å². The summed E-state index contributed by atoms with van der Waals surface area (Å²) in [5.41, 5.74) is 1.37. The molecule has 0 spiro atoms. The summed E-state index contributed by atoms with van der Waals surface area (Å²) < 4.78 is 6.99. The molecule has 0 aliphatic rings. The van der Waals surface area contributed by atoms with E-state index < -0.39 is 0 Å². The summed E-state index contributed by atoms with van der Waals surface area (Å²) in [6.45, 7) is 5.19. The number of rotatable bonds is 3. The average molecular weight is 241 g/mol. The Bertz CT molecular complexity index is 106. The summed E-state index contributed by atoms with van der Waals surface area (Å²) in [7, 11) is 1.95. The molecular formula is C6H14IN2-. The second kappa shape index (κ2) is 5.20. The van der Waals surface area contributed by atoms with Crippen molar-refractivity contribution in [1.29, 1.82) is 0 Å². The zero-order valence-corrected chi connectivity index (χ0v) is 8.32. The van der Waals surface area contributed by atoms with Gasteiger partial charge in [0, 0.05) is 0 Å². The van der Waals surface area contributed by atoms with Gasteiger partial charge >= 0.3 is 67.3 Å². The molecule has 0 aromatic rings. The van der Waals surface area contributed by atoms with Crippen molar-refractivity contribution in [3.8, 4) is 0 Å². The van der Waals surface area contributed by atoms with Gasteiger partial charge in [0.1, 0.15) is 0 Å². The molecule has 0 atom stereocenters. The van der Waals surface area contributed by atoms with Crippen molar-refractivity contribution in [3.63, 3.8) is 0 Å². The van der Waals surface area contributed by atoms with Crippen LogP contribution < -0.4 is 30.7 Å². The number of likely N-dealkylation sites (N-methyl/N-ethyl adjacent to an activating group) is 1. The van der Waals surface area contributed by atoms with E-state index in [1.54, 1.807) is 0 Å². The maximum atomic E-state index is 5.57. The fourth-order valence-corrected chi connectivity index (χ4v) is 1.70. The Morgan fingerprint density at radius 3 is 2.22 bits per heavy atom. The van der Waals surface area contributed by atoms with Gasteiger partial charge in [0.15, 0.2) is 0 Å². The van der Waals surface area contributed by atoms with Crippen LogP contribution in [0.3, 0.4) is 0 Å². The monoisotopic (exact) mass is 241 g/mol. The molecule has 0 rings (SSSR count). The Morgan fingerprint density at radius 2 is 2.11 bits per heavy atom. The molecule has 0 aromatic heterocycles. The van der Waals surface area contributed by atoms with Crippen LogP contribution >= 0.6 is 0 Å². The van der Waals surface area contributed by atoms with Gasteiger partial charge in [-0.2, -0.15) is 0 Å². The Labute approximate surface area is 67.5 Å². The number of halogens is 1. The van der Waals surface area contributed by atoms with Gasteiger partial charge in [-0.25, -0.2) is 0 Å². The molecule has 0 unspecified atom stereocenters. The molecule has 0 radical (unpaired) electrons. The molecule has 0 fully saturated rings. The molecule has 0 aliphatic heterocycles. The standard InChI is InChI=1S/C6H14IN2/c1-5(2)6(7-8)4-9-3/h9H,4,8H2,1-3H3/q-1. The normalized spacial score (nSPS) is 9.78. The summed E-state index contributed by atoms with van der Waals surface area (Å²) in [6.07, 6.45) is 0. The van der Waals surface area contributed by atoms with Crippen LogP contribution in [0, 0.1) is 0 Å². The molecule has 3 heteroatoms. The summed E-state index contributed by atoms with van der Waals surface area (Å²) in [5, 5.41) is 3.09. The number of allylic oxidation sites excluding steroid dienone is 1. The third-order valence-corrected chi connectivity index (χ3v) is 3.22. The quantitative estimate of drug-likeness (QED) is 0.422. The summed E-state index contributed by atoms with van der Waals surface area (Å²) in [5.74, 6) is 0. The average Bonchev–Trinajstić information content (AvgIpc) is 1.82. The third kappa shape index (κ3) is 3.89. The Kier molecular flexibility index (Phi) is 5.42. The van der Waals surface area contributed by atoms with Crippen molar-refractivity contribution >= 4 is 0 Å². The van der Waals surface area contributed by atoms with E-state index >= 15 is 0 Å².